The summed E-state index contributed by atoms with van der Waals surface area (Å²) < 4.78 is 5.46. The Balaban J connectivity index is 2.01. The average Bonchev–Trinajstić information content (AvgIpc) is 3.23. The van der Waals surface area contributed by atoms with Gasteiger partial charge in [0.15, 0.2) is 10.5 Å². The molecule has 4 rings (SSSR count). The van der Waals surface area contributed by atoms with E-state index in [2.05, 4.69) is 5.32 Å². The summed E-state index contributed by atoms with van der Waals surface area (Å²) in [6, 6.07) is 9.30. The van der Waals surface area contributed by atoms with Gasteiger partial charge in [-0.05, 0) is 18.2 Å². The molecule has 2 aliphatic heterocycles. The van der Waals surface area contributed by atoms with Crippen LogP contribution >= 0.6 is 12.2 Å². The van der Waals surface area contributed by atoms with E-state index in [1.807, 2.05) is 12.1 Å². The molecule has 1 saturated heterocycles. The molecule has 122 valence electrons. The van der Waals surface area contributed by atoms with Crippen LogP contribution in [0.15, 0.2) is 47.1 Å². The number of likely N-dealkylation sites (N-methyl/N-ethyl adjacent to an activating group) is 1. The van der Waals surface area contributed by atoms with Gasteiger partial charge in [-0.1, -0.05) is 30.4 Å². The van der Waals surface area contributed by atoms with Crippen LogP contribution in [0, 0.1) is 10.1 Å². The first kappa shape index (κ1) is 14.8. The first-order valence-electron chi connectivity index (χ1n) is 7.35. The van der Waals surface area contributed by atoms with Gasteiger partial charge in [0.25, 0.3) is 11.9 Å². The summed E-state index contributed by atoms with van der Waals surface area (Å²) in [5, 5.41) is 14.6. The van der Waals surface area contributed by atoms with E-state index in [4.69, 9.17) is 16.6 Å². The molecular weight excluding hydrogens is 330 g/mol. The molecule has 0 aliphatic carbocycles. The van der Waals surface area contributed by atoms with Crippen molar-refractivity contribution in [1.82, 2.24) is 5.32 Å². The van der Waals surface area contributed by atoms with Gasteiger partial charge in [-0.3, -0.25) is 14.9 Å². The van der Waals surface area contributed by atoms with Crippen LogP contribution in [-0.2, 0) is 10.3 Å². The molecule has 8 heteroatoms. The average molecular weight is 343 g/mol. The SMILES string of the molecule is CN1C(=O)[C@@]2(NC(=S)[C@H]([N+](=O)[O-])[C@H]2c2ccco2)c2ccccc21. The molecule has 0 bridgehead atoms. The molecule has 0 radical (unpaired) electrons. The van der Waals surface area contributed by atoms with Gasteiger partial charge in [0.05, 0.1) is 6.26 Å². The smallest absolute Gasteiger partial charge is 0.275 e. The summed E-state index contributed by atoms with van der Waals surface area (Å²) >= 11 is 5.23. The van der Waals surface area contributed by atoms with Crippen molar-refractivity contribution in [2.75, 3.05) is 11.9 Å². The third-order valence-corrected chi connectivity index (χ3v) is 5.12. The molecule has 1 N–H and O–H groups in total. The van der Waals surface area contributed by atoms with Crippen LogP contribution in [-0.4, -0.2) is 28.9 Å². The molecule has 7 nitrogen and oxygen atoms in total. The molecule has 1 aromatic heterocycles. The minimum atomic E-state index is -1.32. The maximum Gasteiger partial charge on any atom is 0.275 e. The number of carbonyl (C=O) groups is 1. The lowest BCUT2D eigenvalue weighted by molar-refractivity contribution is -0.506. The van der Waals surface area contributed by atoms with Crippen LogP contribution in [0.3, 0.4) is 0 Å². The molecule has 1 aromatic carbocycles. The number of rotatable bonds is 2. The molecule has 1 spiro atoms. The Kier molecular flexibility index (Phi) is 3.01. The van der Waals surface area contributed by atoms with Crippen molar-refractivity contribution in [3.63, 3.8) is 0 Å². The van der Waals surface area contributed by atoms with Crippen molar-refractivity contribution in [3.05, 3.63) is 64.1 Å². The second-order valence-corrected chi connectivity index (χ2v) is 6.34. The third kappa shape index (κ3) is 1.66. The van der Waals surface area contributed by atoms with E-state index in [-0.39, 0.29) is 10.9 Å². The molecule has 0 unspecified atom stereocenters. The summed E-state index contributed by atoms with van der Waals surface area (Å²) in [6.45, 7) is 0. The summed E-state index contributed by atoms with van der Waals surface area (Å²) in [4.78, 5) is 25.9. The van der Waals surface area contributed by atoms with Crippen molar-refractivity contribution >= 4 is 28.8 Å². The fourth-order valence-corrected chi connectivity index (χ4v) is 4.18. The number of hydrogen-bond acceptors (Lipinski definition) is 5. The fourth-order valence-electron chi connectivity index (χ4n) is 3.80. The number of fused-ring (bicyclic) bond motifs is 2. The first-order valence-corrected chi connectivity index (χ1v) is 7.76. The topological polar surface area (TPSA) is 88.6 Å². The molecular formula is C16H13N3O4S. The highest BCUT2D eigenvalue weighted by atomic mass is 32.1. The molecule has 0 saturated carbocycles. The van der Waals surface area contributed by atoms with Crippen molar-refractivity contribution in [3.8, 4) is 0 Å². The number of anilines is 1. The third-order valence-electron chi connectivity index (χ3n) is 4.78. The van der Waals surface area contributed by atoms with E-state index in [0.29, 0.717) is 17.0 Å². The molecule has 1 amide bonds. The van der Waals surface area contributed by atoms with Crippen LogP contribution in [0.1, 0.15) is 17.2 Å². The van der Waals surface area contributed by atoms with Crippen LogP contribution in [0.4, 0.5) is 5.69 Å². The van der Waals surface area contributed by atoms with Crippen molar-refractivity contribution < 1.29 is 14.1 Å². The zero-order chi connectivity index (χ0) is 17.1. The second-order valence-electron chi connectivity index (χ2n) is 5.90. The van der Waals surface area contributed by atoms with Gasteiger partial charge >= 0.3 is 0 Å². The van der Waals surface area contributed by atoms with E-state index >= 15 is 0 Å². The molecule has 24 heavy (non-hydrogen) atoms. The second kappa shape index (κ2) is 4.88. The van der Waals surface area contributed by atoms with Gasteiger partial charge in [0.1, 0.15) is 11.7 Å². The summed E-state index contributed by atoms with van der Waals surface area (Å²) in [7, 11) is 1.65. The van der Waals surface area contributed by atoms with Crippen LogP contribution in [0.2, 0.25) is 0 Å². The number of nitrogens with zero attached hydrogens (tertiary/aromatic N) is 2. The minimum Gasteiger partial charge on any atom is -0.469 e. The van der Waals surface area contributed by atoms with Crippen LogP contribution in [0.5, 0.6) is 0 Å². The molecule has 1 fully saturated rings. The van der Waals surface area contributed by atoms with Gasteiger partial charge in [-0.2, -0.15) is 0 Å². The Hall–Kier alpha value is -2.74. The number of amides is 1. The van der Waals surface area contributed by atoms with E-state index in [1.54, 1.807) is 31.3 Å². The van der Waals surface area contributed by atoms with Gasteiger partial charge in [-0.25, -0.2) is 0 Å². The lowest BCUT2D eigenvalue weighted by Crippen LogP contribution is -2.50. The Morgan fingerprint density at radius 1 is 1.33 bits per heavy atom. The maximum atomic E-state index is 13.1. The molecule has 2 aromatic rings. The van der Waals surface area contributed by atoms with E-state index in [1.165, 1.54) is 11.2 Å². The zero-order valence-electron chi connectivity index (χ0n) is 12.6. The highest BCUT2D eigenvalue weighted by Crippen LogP contribution is 2.52. The number of benzene rings is 1. The Labute approximate surface area is 142 Å². The van der Waals surface area contributed by atoms with Crippen LogP contribution < -0.4 is 10.2 Å². The van der Waals surface area contributed by atoms with Crippen LogP contribution in [0.25, 0.3) is 0 Å². The number of furan rings is 1. The Bertz CT molecular complexity index is 866. The van der Waals surface area contributed by atoms with Crippen molar-refractivity contribution in [1.29, 1.82) is 0 Å². The molecule has 2 aliphatic rings. The quantitative estimate of drug-likeness (QED) is 0.508. The number of nitrogens with one attached hydrogen (secondary N) is 1. The minimum absolute atomic E-state index is 0.0415. The number of carbonyl (C=O) groups excluding carboxylic acids is 1. The number of para-hydroxylation sites is 1. The normalized spacial score (nSPS) is 28.3. The summed E-state index contributed by atoms with van der Waals surface area (Å²) in [5.41, 5.74) is 0.0572. The van der Waals surface area contributed by atoms with E-state index in [0.717, 1.165) is 0 Å². The lowest BCUT2D eigenvalue weighted by atomic mass is 9.77. The van der Waals surface area contributed by atoms with Crippen molar-refractivity contribution in [2.45, 2.75) is 17.5 Å². The number of thiocarbonyl (C=S) groups is 1. The summed E-state index contributed by atoms with van der Waals surface area (Å²) in [6.07, 6.45) is 1.44. The highest BCUT2D eigenvalue weighted by Gasteiger charge is 2.67. The largest absolute Gasteiger partial charge is 0.469 e. The van der Waals surface area contributed by atoms with Crippen molar-refractivity contribution in [2.24, 2.45) is 0 Å². The summed E-state index contributed by atoms with van der Waals surface area (Å²) in [5.74, 6) is -0.770. The monoisotopic (exact) mass is 343 g/mol. The Morgan fingerprint density at radius 2 is 2.08 bits per heavy atom. The molecule has 3 heterocycles. The first-order chi connectivity index (χ1) is 11.5. The standard InChI is InChI=1S/C16H13N3O4S/c1-18-10-6-3-2-5-9(10)16(15(18)20)12(11-7-4-8-23-11)13(19(21)22)14(24)17-16/h2-8,12-13H,1H3,(H,17,24)/t12-,13-,16-/m1/s1. The molecule has 3 atom stereocenters. The van der Waals surface area contributed by atoms with E-state index in [9.17, 15) is 14.9 Å². The predicted octanol–water partition coefficient (Wildman–Crippen LogP) is 1.81. The zero-order valence-corrected chi connectivity index (χ0v) is 13.4. The van der Waals surface area contributed by atoms with Gasteiger partial charge in [0.2, 0.25) is 0 Å². The van der Waals surface area contributed by atoms with Gasteiger partial charge in [0, 0.05) is 23.2 Å². The maximum absolute atomic E-state index is 13.1. The Morgan fingerprint density at radius 3 is 2.75 bits per heavy atom. The van der Waals surface area contributed by atoms with E-state index < -0.39 is 22.4 Å². The lowest BCUT2D eigenvalue weighted by Gasteiger charge is -2.28. The predicted molar refractivity (Wildman–Crippen MR) is 89.5 cm³/mol. The number of hydrogen-bond donors (Lipinski definition) is 1. The number of nitro groups is 1. The highest BCUT2D eigenvalue weighted by molar-refractivity contribution is 7.80. The fraction of sp³-hybridized carbons (Fsp3) is 0.250. The van der Waals surface area contributed by atoms with Gasteiger partial charge in [-0.15, -0.1) is 0 Å². The van der Waals surface area contributed by atoms with Gasteiger partial charge < -0.3 is 14.6 Å².